The van der Waals surface area contributed by atoms with Crippen molar-refractivity contribution in [3.8, 4) is 0 Å². The van der Waals surface area contributed by atoms with Gasteiger partial charge in [-0.25, -0.2) is 0 Å². The first-order chi connectivity index (χ1) is 14.1. The molecule has 1 aromatic heterocycles. The molecule has 0 bridgehead atoms. The Balaban J connectivity index is 1.66. The Hall–Kier alpha value is -3.18. The summed E-state index contributed by atoms with van der Waals surface area (Å²) in [5, 5.41) is 5.19. The Morgan fingerprint density at radius 2 is 1.69 bits per heavy atom. The number of benzene rings is 2. The van der Waals surface area contributed by atoms with Crippen molar-refractivity contribution in [3.05, 3.63) is 93.3 Å². The fourth-order valence-corrected chi connectivity index (χ4v) is 4.22. The fraction of sp³-hybridized carbons (Fsp3) is 0.167. The third kappa shape index (κ3) is 3.74. The largest absolute Gasteiger partial charge is 0.350 e. The predicted molar refractivity (Wildman–Crippen MR) is 118 cm³/mol. The summed E-state index contributed by atoms with van der Waals surface area (Å²) in [5.74, 6) is -0.503. The van der Waals surface area contributed by atoms with E-state index in [9.17, 15) is 9.59 Å². The van der Waals surface area contributed by atoms with Gasteiger partial charge in [-0.05, 0) is 54.5 Å². The monoisotopic (exact) mass is 402 g/mol. The summed E-state index contributed by atoms with van der Waals surface area (Å²) in [6, 6.07) is 19.6. The number of hydrogen-bond acceptors (Lipinski definition) is 4. The third-order valence-corrected chi connectivity index (χ3v) is 6.15. The summed E-state index contributed by atoms with van der Waals surface area (Å²) in [4.78, 5) is 28.6. The zero-order valence-electron chi connectivity index (χ0n) is 16.4. The first-order valence-electron chi connectivity index (χ1n) is 9.58. The number of carbonyl (C=O) groups excluding carboxylic acids is 2. The van der Waals surface area contributed by atoms with Crippen molar-refractivity contribution in [1.29, 1.82) is 0 Å². The molecule has 0 fully saturated rings. The van der Waals surface area contributed by atoms with Crippen molar-refractivity contribution in [2.24, 2.45) is 0 Å². The third-order valence-electron chi connectivity index (χ3n) is 5.27. The Morgan fingerprint density at radius 1 is 0.897 bits per heavy atom. The van der Waals surface area contributed by atoms with Gasteiger partial charge in [-0.3, -0.25) is 14.5 Å². The molecule has 4 nitrogen and oxygen atoms in total. The van der Waals surface area contributed by atoms with Crippen molar-refractivity contribution in [3.63, 3.8) is 0 Å². The molecular weight excluding hydrogens is 380 g/mol. The van der Waals surface area contributed by atoms with E-state index in [0.717, 1.165) is 27.3 Å². The molecule has 3 aromatic rings. The van der Waals surface area contributed by atoms with E-state index in [1.807, 2.05) is 79.9 Å². The molecule has 0 atom stereocenters. The number of aryl methyl sites for hydroxylation is 1. The van der Waals surface area contributed by atoms with Crippen LogP contribution in [0.3, 0.4) is 0 Å². The van der Waals surface area contributed by atoms with Gasteiger partial charge in [0.2, 0.25) is 0 Å². The number of hydrogen-bond donors (Lipinski definition) is 1. The number of imide groups is 1. The van der Waals surface area contributed by atoms with E-state index in [0.29, 0.717) is 24.2 Å². The zero-order valence-corrected chi connectivity index (χ0v) is 17.3. The molecule has 2 heterocycles. The molecule has 0 spiro atoms. The van der Waals surface area contributed by atoms with E-state index in [2.05, 4.69) is 5.32 Å². The van der Waals surface area contributed by atoms with Gasteiger partial charge in [0, 0.05) is 17.1 Å². The Labute approximate surface area is 174 Å². The number of carbonyl (C=O) groups is 2. The van der Waals surface area contributed by atoms with E-state index < -0.39 is 0 Å². The average Bonchev–Trinajstić information content (AvgIpc) is 3.32. The van der Waals surface area contributed by atoms with Gasteiger partial charge in [-0.2, -0.15) is 0 Å². The van der Waals surface area contributed by atoms with E-state index in [1.165, 1.54) is 16.2 Å². The maximum Gasteiger partial charge on any atom is 0.278 e. The van der Waals surface area contributed by atoms with Gasteiger partial charge in [0.25, 0.3) is 11.8 Å². The maximum atomic E-state index is 13.2. The van der Waals surface area contributed by atoms with Crippen LogP contribution >= 0.6 is 11.3 Å². The lowest BCUT2D eigenvalue weighted by Crippen LogP contribution is -2.34. The first-order valence-corrected chi connectivity index (χ1v) is 10.5. The van der Waals surface area contributed by atoms with E-state index in [4.69, 9.17) is 0 Å². The van der Waals surface area contributed by atoms with Gasteiger partial charge in [0.05, 0.1) is 5.57 Å². The number of anilines is 1. The van der Waals surface area contributed by atoms with Crippen LogP contribution < -0.4 is 5.32 Å². The number of rotatable bonds is 6. The highest BCUT2D eigenvalue weighted by Gasteiger charge is 2.39. The van der Waals surface area contributed by atoms with Crippen LogP contribution in [0.4, 0.5) is 5.69 Å². The molecule has 29 heavy (non-hydrogen) atoms. The van der Waals surface area contributed by atoms with Crippen LogP contribution in [0.5, 0.6) is 0 Å². The van der Waals surface area contributed by atoms with Crippen LogP contribution in [-0.4, -0.2) is 23.3 Å². The summed E-state index contributed by atoms with van der Waals surface area (Å²) >= 11 is 1.47. The normalized spacial score (nSPS) is 14.1. The lowest BCUT2D eigenvalue weighted by atomic mass is 10.1. The van der Waals surface area contributed by atoms with Crippen LogP contribution in [0.2, 0.25) is 0 Å². The highest BCUT2D eigenvalue weighted by atomic mass is 32.1. The molecule has 4 rings (SSSR count). The summed E-state index contributed by atoms with van der Waals surface area (Å²) < 4.78 is 0. The minimum Gasteiger partial charge on any atom is -0.350 e. The summed E-state index contributed by atoms with van der Waals surface area (Å²) in [6.07, 6.45) is 0.632. The van der Waals surface area contributed by atoms with Crippen molar-refractivity contribution < 1.29 is 9.59 Å². The second-order valence-electron chi connectivity index (χ2n) is 7.10. The topological polar surface area (TPSA) is 49.4 Å². The fourth-order valence-electron chi connectivity index (χ4n) is 3.45. The molecular formula is C24H22N2O2S. The summed E-state index contributed by atoms with van der Waals surface area (Å²) in [7, 11) is 0. The van der Waals surface area contributed by atoms with Crippen LogP contribution in [0.15, 0.2) is 71.7 Å². The SMILES string of the molecule is Cc1cccc(NC2=C(c3cccs3)C(=O)N(CCc3ccccc3)C2=O)c1C. The van der Waals surface area contributed by atoms with Gasteiger partial charge >= 0.3 is 0 Å². The second-order valence-corrected chi connectivity index (χ2v) is 8.05. The van der Waals surface area contributed by atoms with E-state index >= 15 is 0 Å². The molecule has 1 aliphatic rings. The van der Waals surface area contributed by atoms with Crippen LogP contribution in [0.1, 0.15) is 21.6 Å². The number of nitrogens with one attached hydrogen (secondary N) is 1. The molecule has 0 aliphatic carbocycles. The summed E-state index contributed by atoms with van der Waals surface area (Å²) in [6.45, 7) is 4.40. The van der Waals surface area contributed by atoms with Gasteiger partial charge in [0.1, 0.15) is 5.70 Å². The van der Waals surface area contributed by atoms with Crippen molar-refractivity contribution in [1.82, 2.24) is 4.90 Å². The number of amides is 2. The number of nitrogens with zero attached hydrogens (tertiary/aromatic N) is 1. The minimum absolute atomic E-state index is 0.235. The molecule has 0 saturated carbocycles. The minimum atomic E-state index is -0.268. The molecule has 2 amide bonds. The van der Waals surface area contributed by atoms with Gasteiger partial charge in [-0.1, -0.05) is 48.5 Å². The highest BCUT2D eigenvalue weighted by Crippen LogP contribution is 2.33. The predicted octanol–water partition coefficient (Wildman–Crippen LogP) is 4.80. The van der Waals surface area contributed by atoms with Crippen LogP contribution in [0.25, 0.3) is 5.57 Å². The van der Waals surface area contributed by atoms with E-state index in [1.54, 1.807) is 0 Å². The zero-order chi connectivity index (χ0) is 20.4. The van der Waals surface area contributed by atoms with Gasteiger partial charge < -0.3 is 5.32 Å². The Kier molecular flexibility index (Phi) is 5.32. The average molecular weight is 403 g/mol. The molecule has 2 aromatic carbocycles. The Bertz CT molecular complexity index is 1090. The molecule has 1 N–H and O–H groups in total. The Morgan fingerprint density at radius 3 is 2.41 bits per heavy atom. The van der Waals surface area contributed by atoms with Crippen molar-refractivity contribution in [2.75, 3.05) is 11.9 Å². The highest BCUT2D eigenvalue weighted by molar-refractivity contribution is 7.11. The molecule has 0 radical (unpaired) electrons. The molecule has 0 unspecified atom stereocenters. The smallest absolute Gasteiger partial charge is 0.278 e. The molecule has 0 saturated heterocycles. The van der Waals surface area contributed by atoms with Gasteiger partial charge in [-0.15, -0.1) is 11.3 Å². The molecule has 1 aliphatic heterocycles. The van der Waals surface area contributed by atoms with Crippen LogP contribution in [-0.2, 0) is 16.0 Å². The standard InChI is InChI=1S/C24H22N2O2S/c1-16-8-6-11-19(17(16)2)25-22-21(20-12-7-15-29-20)23(27)26(24(22)28)14-13-18-9-4-3-5-10-18/h3-12,15,25H,13-14H2,1-2H3. The van der Waals surface area contributed by atoms with Crippen molar-refractivity contribution >= 4 is 34.4 Å². The lowest BCUT2D eigenvalue weighted by Gasteiger charge is -2.16. The number of thiophene rings is 1. The van der Waals surface area contributed by atoms with Crippen LogP contribution in [0, 0.1) is 13.8 Å². The second kappa shape index (κ2) is 8.05. The van der Waals surface area contributed by atoms with Gasteiger partial charge in [0.15, 0.2) is 0 Å². The molecule has 5 heteroatoms. The quantitative estimate of drug-likeness (QED) is 0.603. The van der Waals surface area contributed by atoms with Crippen molar-refractivity contribution in [2.45, 2.75) is 20.3 Å². The van der Waals surface area contributed by atoms with E-state index in [-0.39, 0.29) is 11.8 Å². The summed E-state index contributed by atoms with van der Waals surface area (Å²) in [5.41, 5.74) is 4.96. The molecule has 146 valence electrons. The first kappa shape index (κ1) is 19.2. The maximum absolute atomic E-state index is 13.2. The lowest BCUT2D eigenvalue weighted by molar-refractivity contribution is -0.136.